The zero-order valence-electron chi connectivity index (χ0n) is 15.2. The average molecular weight is 396 g/mol. The molecule has 0 bridgehead atoms. The number of hydrogen-bond acceptors (Lipinski definition) is 6. The van der Waals surface area contributed by atoms with E-state index in [2.05, 4.69) is 5.32 Å². The van der Waals surface area contributed by atoms with Gasteiger partial charge < -0.3 is 15.0 Å². The van der Waals surface area contributed by atoms with E-state index < -0.39 is 10.0 Å². The van der Waals surface area contributed by atoms with Gasteiger partial charge >= 0.3 is 0 Å². The Kier molecular flexibility index (Phi) is 5.68. The summed E-state index contributed by atoms with van der Waals surface area (Å²) in [5.41, 5.74) is 0.156. The maximum absolute atomic E-state index is 12.9. The summed E-state index contributed by atoms with van der Waals surface area (Å²) >= 11 is 0. The molecule has 0 atom stereocenters. The molecule has 10 heteroatoms. The lowest BCUT2D eigenvalue weighted by atomic mass is 10.1. The Bertz CT molecular complexity index is 830. The second kappa shape index (κ2) is 7.83. The van der Waals surface area contributed by atoms with Crippen molar-refractivity contribution in [1.82, 2.24) is 15.1 Å². The molecule has 1 saturated carbocycles. The fourth-order valence-electron chi connectivity index (χ4n) is 3.01. The second-order valence-electron chi connectivity index (χ2n) is 6.82. The van der Waals surface area contributed by atoms with E-state index in [4.69, 9.17) is 9.88 Å². The van der Waals surface area contributed by atoms with E-state index in [1.807, 2.05) is 4.90 Å². The lowest BCUT2D eigenvalue weighted by Gasteiger charge is -2.34. The van der Waals surface area contributed by atoms with Crippen LogP contribution >= 0.6 is 0 Å². The highest BCUT2D eigenvalue weighted by molar-refractivity contribution is 7.89. The molecule has 2 fully saturated rings. The highest BCUT2D eigenvalue weighted by Gasteiger charge is 2.28. The summed E-state index contributed by atoms with van der Waals surface area (Å²) in [5.74, 6) is -0.0159. The molecule has 0 unspecified atom stereocenters. The third-order valence-corrected chi connectivity index (χ3v) is 5.61. The number of sulfonamides is 1. The van der Waals surface area contributed by atoms with Crippen molar-refractivity contribution in [3.8, 4) is 5.75 Å². The average Bonchev–Trinajstić information content (AvgIpc) is 3.44. The highest BCUT2D eigenvalue weighted by atomic mass is 32.2. The molecule has 27 heavy (non-hydrogen) atoms. The standard InChI is InChI=1S/C17H24N4O5S/c1-26-15-5-4-13(27(18,24)25)10-14(15)17(23)21-8-6-20(7-9-21)11-16(22)19-12-2-3-12/h4-5,10,12H,2-3,6-9,11H2,1H3,(H,19,22)(H2,18,24,25). The van der Waals surface area contributed by atoms with Crippen molar-refractivity contribution in [2.45, 2.75) is 23.8 Å². The van der Waals surface area contributed by atoms with Crippen LogP contribution in [0.25, 0.3) is 0 Å². The number of nitrogens with two attached hydrogens (primary N) is 1. The predicted octanol–water partition coefficient (Wildman–Crippen LogP) is -0.621. The third-order valence-electron chi connectivity index (χ3n) is 4.70. The molecule has 0 spiro atoms. The molecule has 2 amide bonds. The van der Waals surface area contributed by atoms with Gasteiger partial charge in [-0.15, -0.1) is 0 Å². The van der Waals surface area contributed by atoms with E-state index in [-0.39, 0.29) is 22.3 Å². The van der Waals surface area contributed by atoms with E-state index in [0.717, 1.165) is 12.8 Å². The zero-order chi connectivity index (χ0) is 19.6. The number of carbonyl (C=O) groups is 2. The number of amides is 2. The minimum atomic E-state index is -3.92. The molecule has 0 aromatic heterocycles. The van der Waals surface area contributed by atoms with Crippen molar-refractivity contribution in [1.29, 1.82) is 0 Å². The normalized spacial score (nSPS) is 18.2. The summed E-state index contributed by atoms with van der Waals surface area (Å²) in [5, 5.41) is 8.11. The Morgan fingerprint density at radius 2 is 1.89 bits per heavy atom. The summed E-state index contributed by atoms with van der Waals surface area (Å²) < 4.78 is 28.4. The fourth-order valence-corrected chi connectivity index (χ4v) is 3.55. The van der Waals surface area contributed by atoms with Gasteiger partial charge in [0.2, 0.25) is 15.9 Å². The van der Waals surface area contributed by atoms with Crippen molar-refractivity contribution < 1.29 is 22.7 Å². The Balaban J connectivity index is 1.64. The van der Waals surface area contributed by atoms with Gasteiger partial charge in [0.1, 0.15) is 5.75 Å². The fraction of sp³-hybridized carbons (Fsp3) is 0.529. The molecular formula is C17H24N4O5S. The molecule has 1 saturated heterocycles. The maximum Gasteiger partial charge on any atom is 0.257 e. The van der Waals surface area contributed by atoms with Crippen LogP contribution in [0.4, 0.5) is 0 Å². The quantitative estimate of drug-likeness (QED) is 0.661. The molecule has 1 aromatic rings. The number of nitrogens with zero attached hydrogens (tertiary/aromatic N) is 2. The maximum atomic E-state index is 12.9. The first-order chi connectivity index (χ1) is 12.8. The van der Waals surface area contributed by atoms with Crippen molar-refractivity contribution in [3.63, 3.8) is 0 Å². The lowest BCUT2D eigenvalue weighted by Crippen LogP contribution is -2.51. The number of benzene rings is 1. The molecule has 1 aromatic carbocycles. The first-order valence-electron chi connectivity index (χ1n) is 8.80. The number of ether oxygens (including phenoxy) is 1. The molecule has 3 rings (SSSR count). The van der Waals surface area contributed by atoms with Crippen LogP contribution in [0.1, 0.15) is 23.2 Å². The molecular weight excluding hydrogens is 372 g/mol. The van der Waals surface area contributed by atoms with Crippen molar-refractivity contribution in [2.24, 2.45) is 5.14 Å². The molecule has 1 aliphatic carbocycles. The molecule has 3 N–H and O–H groups in total. The first kappa shape index (κ1) is 19.6. The zero-order valence-corrected chi connectivity index (χ0v) is 16.0. The SMILES string of the molecule is COc1ccc(S(N)(=O)=O)cc1C(=O)N1CCN(CC(=O)NC2CC2)CC1. The predicted molar refractivity (Wildman–Crippen MR) is 97.9 cm³/mol. The van der Waals surface area contributed by atoms with Crippen molar-refractivity contribution in [3.05, 3.63) is 23.8 Å². The molecule has 1 heterocycles. The molecule has 0 radical (unpaired) electrons. The summed E-state index contributed by atoms with van der Waals surface area (Å²) in [7, 11) is -2.50. The van der Waals surface area contributed by atoms with Crippen LogP contribution in [0.2, 0.25) is 0 Å². The lowest BCUT2D eigenvalue weighted by molar-refractivity contribution is -0.122. The van der Waals surface area contributed by atoms with E-state index >= 15 is 0 Å². The van der Waals surface area contributed by atoms with Gasteiger partial charge in [-0.1, -0.05) is 0 Å². The smallest absolute Gasteiger partial charge is 0.257 e. The topological polar surface area (TPSA) is 122 Å². The van der Waals surface area contributed by atoms with Gasteiger partial charge in [0.15, 0.2) is 0 Å². The Morgan fingerprint density at radius 3 is 2.44 bits per heavy atom. The minimum absolute atomic E-state index is 0.0137. The van der Waals surface area contributed by atoms with Gasteiger partial charge in [-0.25, -0.2) is 13.6 Å². The van der Waals surface area contributed by atoms with Gasteiger partial charge in [0, 0.05) is 32.2 Å². The molecule has 1 aliphatic heterocycles. The monoisotopic (exact) mass is 396 g/mol. The molecule has 148 valence electrons. The van der Waals surface area contributed by atoms with Gasteiger partial charge in [0.25, 0.3) is 5.91 Å². The van der Waals surface area contributed by atoms with Crippen LogP contribution in [0.5, 0.6) is 5.75 Å². The largest absolute Gasteiger partial charge is 0.496 e. The number of carbonyl (C=O) groups excluding carboxylic acids is 2. The number of nitrogens with one attached hydrogen (secondary N) is 1. The Hall–Kier alpha value is -2.17. The van der Waals surface area contributed by atoms with Crippen LogP contribution < -0.4 is 15.2 Å². The van der Waals surface area contributed by atoms with Crippen LogP contribution in [0, 0.1) is 0 Å². The second-order valence-corrected chi connectivity index (χ2v) is 8.38. The van der Waals surface area contributed by atoms with Crippen molar-refractivity contribution >= 4 is 21.8 Å². The number of methoxy groups -OCH3 is 1. The molecule has 9 nitrogen and oxygen atoms in total. The van der Waals surface area contributed by atoms with Gasteiger partial charge in [-0.05, 0) is 31.0 Å². The van der Waals surface area contributed by atoms with E-state index in [9.17, 15) is 18.0 Å². The van der Waals surface area contributed by atoms with Gasteiger partial charge in [-0.3, -0.25) is 14.5 Å². The summed E-state index contributed by atoms with van der Waals surface area (Å²) in [6.45, 7) is 2.35. The minimum Gasteiger partial charge on any atom is -0.496 e. The van der Waals surface area contributed by atoms with Crippen LogP contribution in [0.15, 0.2) is 23.1 Å². The highest BCUT2D eigenvalue weighted by Crippen LogP contribution is 2.24. The number of piperazine rings is 1. The summed E-state index contributed by atoms with van der Waals surface area (Å²) in [6.07, 6.45) is 2.10. The van der Waals surface area contributed by atoms with Gasteiger partial charge in [0.05, 0.1) is 24.1 Å². The van der Waals surface area contributed by atoms with E-state index in [0.29, 0.717) is 44.5 Å². The Labute approximate surface area is 158 Å². The number of hydrogen-bond donors (Lipinski definition) is 2. The summed E-state index contributed by atoms with van der Waals surface area (Å²) in [6, 6.07) is 4.30. The van der Waals surface area contributed by atoms with Crippen LogP contribution in [-0.2, 0) is 14.8 Å². The number of rotatable bonds is 6. The van der Waals surface area contributed by atoms with Crippen LogP contribution in [-0.4, -0.2) is 75.9 Å². The molecule has 2 aliphatic rings. The van der Waals surface area contributed by atoms with Crippen LogP contribution in [0.3, 0.4) is 0 Å². The van der Waals surface area contributed by atoms with Crippen molar-refractivity contribution in [2.75, 3.05) is 39.8 Å². The third kappa shape index (κ3) is 4.96. The van der Waals surface area contributed by atoms with Gasteiger partial charge in [-0.2, -0.15) is 0 Å². The van der Waals surface area contributed by atoms with E-state index in [1.165, 1.54) is 25.3 Å². The Morgan fingerprint density at radius 1 is 1.22 bits per heavy atom. The van der Waals surface area contributed by atoms with E-state index in [1.54, 1.807) is 4.90 Å². The number of primary sulfonamides is 1. The first-order valence-corrected chi connectivity index (χ1v) is 10.3. The summed E-state index contributed by atoms with van der Waals surface area (Å²) in [4.78, 5) is 28.2.